The molecular formula is C20H17ClN4O. The summed E-state index contributed by atoms with van der Waals surface area (Å²) in [6.07, 6.45) is 5.17. The number of aromatic amines is 1. The molecule has 0 fully saturated rings. The summed E-state index contributed by atoms with van der Waals surface area (Å²) in [5, 5.41) is 4.61. The van der Waals surface area contributed by atoms with Crippen LogP contribution in [0.2, 0.25) is 5.02 Å². The Morgan fingerprint density at radius 1 is 1.27 bits per heavy atom. The van der Waals surface area contributed by atoms with E-state index in [-0.39, 0.29) is 5.91 Å². The quantitative estimate of drug-likeness (QED) is 0.554. The number of benzene rings is 2. The molecule has 0 unspecified atom stereocenters. The zero-order valence-electron chi connectivity index (χ0n) is 14.2. The fourth-order valence-corrected chi connectivity index (χ4v) is 3.07. The third-order valence-electron chi connectivity index (χ3n) is 4.30. The molecule has 2 aromatic carbocycles. The van der Waals surface area contributed by atoms with Gasteiger partial charge in [-0.1, -0.05) is 41.9 Å². The molecule has 26 heavy (non-hydrogen) atoms. The number of nitrogens with zero attached hydrogens (tertiary/aromatic N) is 2. The Kier molecular flexibility index (Phi) is 4.22. The zero-order valence-corrected chi connectivity index (χ0v) is 14.9. The summed E-state index contributed by atoms with van der Waals surface area (Å²) in [5.41, 5.74) is 4.19. The van der Waals surface area contributed by atoms with E-state index in [2.05, 4.69) is 15.3 Å². The molecule has 5 nitrogen and oxygen atoms in total. The number of H-pyrrole nitrogens is 1. The zero-order chi connectivity index (χ0) is 18.1. The molecule has 0 aliphatic heterocycles. The summed E-state index contributed by atoms with van der Waals surface area (Å²) < 4.78 is 1.87. The molecule has 1 amide bonds. The van der Waals surface area contributed by atoms with Crippen LogP contribution in [0, 0.1) is 6.92 Å². The van der Waals surface area contributed by atoms with Gasteiger partial charge in [0.1, 0.15) is 5.69 Å². The van der Waals surface area contributed by atoms with Crippen molar-refractivity contribution in [2.45, 2.75) is 13.5 Å². The summed E-state index contributed by atoms with van der Waals surface area (Å²) in [5.74, 6) is -0.240. The molecule has 2 heterocycles. The molecule has 0 saturated heterocycles. The number of para-hydroxylation sites is 1. The van der Waals surface area contributed by atoms with Gasteiger partial charge < -0.3 is 14.9 Å². The van der Waals surface area contributed by atoms with E-state index < -0.39 is 0 Å². The van der Waals surface area contributed by atoms with E-state index in [9.17, 15) is 4.79 Å². The molecule has 0 aliphatic carbocycles. The summed E-state index contributed by atoms with van der Waals surface area (Å²) in [7, 11) is 0. The number of aryl methyl sites for hydroxylation is 1. The maximum Gasteiger partial charge on any atom is 0.275 e. The lowest BCUT2D eigenvalue weighted by Crippen LogP contribution is -2.12. The van der Waals surface area contributed by atoms with Crippen molar-refractivity contribution < 1.29 is 4.79 Å². The van der Waals surface area contributed by atoms with E-state index in [1.165, 1.54) is 0 Å². The minimum absolute atomic E-state index is 0.240. The lowest BCUT2D eigenvalue weighted by Gasteiger charge is -2.05. The van der Waals surface area contributed by atoms with Crippen molar-refractivity contribution in [1.29, 1.82) is 0 Å². The van der Waals surface area contributed by atoms with E-state index in [0.717, 1.165) is 32.7 Å². The highest BCUT2D eigenvalue weighted by molar-refractivity contribution is 6.31. The molecule has 4 rings (SSSR count). The first-order valence-electron chi connectivity index (χ1n) is 8.24. The number of hydrogen-bond donors (Lipinski definition) is 2. The van der Waals surface area contributed by atoms with Crippen LogP contribution in [0.4, 0.5) is 5.69 Å². The van der Waals surface area contributed by atoms with Crippen molar-refractivity contribution >= 4 is 34.1 Å². The number of rotatable bonds is 4. The lowest BCUT2D eigenvalue weighted by atomic mass is 10.1. The van der Waals surface area contributed by atoms with Crippen LogP contribution in [0.25, 0.3) is 10.9 Å². The first kappa shape index (κ1) is 16.4. The highest BCUT2D eigenvalue weighted by Gasteiger charge is 2.12. The monoisotopic (exact) mass is 364 g/mol. The molecule has 2 aromatic heterocycles. The summed E-state index contributed by atoms with van der Waals surface area (Å²) in [6, 6.07) is 13.7. The van der Waals surface area contributed by atoms with Crippen molar-refractivity contribution in [3.8, 4) is 0 Å². The van der Waals surface area contributed by atoms with Crippen LogP contribution in [0.15, 0.2) is 61.2 Å². The Labute approximate surface area is 155 Å². The van der Waals surface area contributed by atoms with Crippen LogP contribution in [0.1, 0.15) is 21.6 Å². The SMILES string of the molecule is Cc1ccc(Cn2cnc(C(=O)Nc3c[nH]c4ccccc34)c2)cc1Cl. The Balaban J connectivity index is 1.50. The standard InChI is InChI=1S/C20H17ClN4O/c1-13-6-7-14(8-16(13)21)10-25-11-19(23-12-25)20(26)24-18-9-22-17-5-3-2-4-15(17)18/h2-9,11-12,22H,10H2,1H3,(H,24,26). The molecule has 6 heteroatoms. The van der Waals surface area contributed by atoms with Gasteiger partial charge in [0, 0.05) is 34.9 Å². The number of carbonyl (C=O) groups is 1. The van der Waals surface area contributed by atoms with E-state index in [4.69, 9.17) is 11.6 Å². The fourth-order valence-electron chi connectivity index (χ4n) is 2.87. The predicted octanol–water partition coefficient (Wildman–Crippen LogP) is 4.63. The maximum atomic E-state index is 12.5. The number of halogens is 1. The number of amides is 1. The Bertz CT molecular complexity index is 1100. The maximum absolute atomic E-state index is 12.5. The predicted molar refractivity (Wildman–Crippen MR) is 104 cm³/mol. The van der Waals surface area contributed by atoms with Crippen LogP contribution in [-0.4, -0.2) is 20.4 Å². The molecule has 2 N–H and O–H groups in total. The number of imidazole rings is 1. The van der Waals surface area contributed by atoms with Gasteiger partial charge in [-0.3, -0.25) is 4.79 Å². The van der Waals surface area contributed by atoms with Crippen LogP contribution in [0.5, 0.6) is 0 Å². The summed E-state index contributed by atoms with van der Waals surface area (Å²) in [6.45, 7) is 2.57. The second-order valence-electron chi connectivity index (χ2n) is 6.22. The van der Waals surface area contributed by atoms with Crippen LogP contribution < -0.4 is 5.32 Å². The van der Waals surface area contributed by atoms with Gasteiger partial charge in [-0.15, -0.1) is 0 Å². The first-order chi connectivity index (χ1) is 12.6. The van der Waals surface area contributed by atoms with E-state index in [1.807, 2.05) is 54.0 Å². The van der Waals surface area contributed by atoms with Crippen LogP contribution in [-0.2, 0) is 6.54 Å². The minimum Gasteiger partial charge on any atom is -0.359 e. The van der Waals surface area contributed by atoms with Crippen LogP contribution >= 0.6 is 11.6 Å². The normalized spacial score (nSPS) is 11.0. The van der Waals surface area contributed by atoms with Crippen molar-refractivity contribution in [1.82, 2.24) is 14.5 Å². The Morgan fingerprint density at radius 3 is 2.96 bits per heavy atom. The molecule has 0 spiro atoms. The van der Waals surface area contributed by atoms with Gasteiger partial charge in [0.15, 0.2) is 0 Å². The second-order valence-corrected chi connectivity index (χ2v) is 6.62. The molecule has 4 aromatic rings. The molecule has 0 atom stereocenters. The number of carbonyl (C=O) groups excluding carboxylic acids is 1. The fraction of sp³-hybridized carbons (Fsp3) is 0.100. The smallest absolute Gasteiger partial charge is 0.275 e. The largest absolute Gasteiger partial charge is 0.359 e. The third-order valence-corrected chi connectivity index (χ3v) is 4.71. The number of aromatic nitrogens is 3. The highest BCUT2D eigenvalue weighted by Crippen LogP contribution is 2.23. The number of anilines is 1. The number of nitrogens with one attached hydrogen (secondary N) is 2. The van der Waals surface area contributed by atoms with Crippen molar-refractivity contribution in [3.05, 3.63) is 83.0 Å². The van der Waals surface area contributed by atoms with Crippen LogP contribution in [0.3, 0.4) is 0 Å². The molecule has 0 radical (unpaired) electrons. The average molecular weight is 365 g/mol. The Hall–Kier alpha value is -3.05. The van der Waals surface area contributed by atoms with Gasteiger partial charge in [0.2, 0.25) is 0 Å². The van der Waals surface area contributed by atoms with E-state index >= 15 is 0 Å². The van der Waals surface area contributed by atoms with Crippen molar-refractivity contribution in [2.75, 3.05) is 5.32 Å². The lowest BCUT2D eigenvalue weighted by molar-refractivity contribution is 0.102. The van der Waals surface area contributed by atoms with Gasteiger partial charge in [-0.05, 0) is 30.2 Å². The second kappa shape index (κ2) is 6.69. The van der Waals surface area contributed by atoms with E-state index in [1.54, 1.807) is 18.7 Å². The number of hydrogen-bond acceptors (Lipinski definition) is 2. The summed E-state index contributed by atoms with van der Waals surface area (Å²) >= 11 is 6.17. The van der Waals surface area contributed by atoms with Gasteiger partial charge in [0.25, 0.3) is 5.91 Å². The van der Waals surface area contributed by atoms with Gasteiger partial charge in [-0.25, -0.2) is 4.98 Å². The first-order valence-corrected chi connectivity index (χ1v) is 8.62. The molecule has 130 valence electrons. The third kappa shape index (κ3) is 3.21. The van der Waals surface area contributed by atoms with Crippen molar-refractivity contribution in [3.63, 3.8) is 0 Å². The summed E-state index contributed by atoms with van der Waals surface area (Å²) in [4.78, 5) is 19.9. The average Bonchev–Trinajstić information content (AvgIpc) is 3.26. The van der Waals surface area contributed by atoms with Crippen molar-refractivity contribution in [2.24, 2.45) is 0 Å². The van der Waals surface area contributed by atoms with Gasteiger partial charge in [0.05, 0.1) is 12.0 Å². The minimum atomic E-state index is -0.240. The topological polar surface area (TPSA) is 62.7 Å². The van der Waals surface area contributed by atoms with E-state index in [0.29, 0.717) is 12.2 Å². The Morgan fingerprint density at radius 2 is 2.12 bits per heavy atom. The highest BCUT2D eigenvalue weighted by atomic mass is 35.5. The molecular weight excluding hydrogens is 348 g/mol. The van der Waals surface area contributed by atoms with Gasteiger partial charge in [-0.2, -0.15) is 0 Å². The van der Waals surface area contributed by atoms with Gasteiger partial charge >= 0.3 is 0 Å². The molecule has 0 aliphatic rings. The molecule has 0 bridgehead atoms. The molecule has 0 saturated carbocycles. The number of fused-ring (bicyclic) bond motifs is 1.